The van der Waals surface area contributed by atoms with E-state index in [1.165, 1.54) is 0 Å². The van der Waals surface area contributed by atoms with E-state index in [2.05, 4.69) is 10.6 Å². The van der Waals surface area contributed by atoms with Gasteiger partial charge in [-0.05, 0) is 19.1 Å². The van der Waals surface area contributed by atoms with Crippen LogP contribution in [0.25, 0.3) is 0 Å². The third-order valence-electron chi connectivity index (χ3n) is 2.82. The van der Waals surface area contributed by atoms with E-state index < -0.39 is 30.4 Å². The summed E-state index contributed by atoms with van der Waals surface area (Å²) >= 11 is 1.68. The van der Waals surface area contributed by atoms with Crippen LogP contribution in [-0.2, 0) is 9.59 Å². The standard InChI is InChI=1S/C10H17N3O4S/c1-18-10(2-3-10)5-12-9(17)13-6(8(15)16)4-7(11)14/h6H,2-5H2,1H3,(H2,11,14)(H,15,16)(H2,12,13,17). The predicted octanol–water partition coefficient (Wildman–Crippen LogP) is -0.490. The highest BCUT2D eigenvalue weighted by Crippen LogP contribution is 2.46. The normalized spacial score (nSPS) is 17.6. The van der Waals surface area contributed by atoms with Crippen LogP contribution in [0.4, 0.5) is 4.79 Å². The van der Waals surface area contributed by atoms with Gasteiger partial charge >= 0.3 is 12.0 Å². The number of nitrogens with one attached hydrogen (secondary N) is 2. The number of urea groups is 1. The number of primary amides is 1. The van der Waals surface area contributed by atoms with Gasteiger partial charge in [0.1, 0.15) is 6.04 Å². The summed E-state index contributed by atoms with van der Waals surface area (Å²) in [5.41, 5.74) is 4.90. The van der Waals surface area contributed by atoms with Crippen molar-refractivity contribution in [2.24, 2.45) is 5.73 Å². The molecule has 0 radical (unpaired) electrons. The zero-order chi connectivity index (χ0) is 13.8. The summed E-state index contributed by atoms with van der Waals surface area (Å²) in [5, 5.41) is 13.6. The summed E-state index contributed by atoms with van der Waals surface area (Å²) in [5.74, 6) is -2.06. The molecule has 0 aromatic rings. The van der Waals surface area contributed by atoms with Gasteiger partial charge in [-0.25, -0.2) is 9.59 Å². The molecule has 1 aliphatic carbocycles. The first-order valence-electron chi connectivity index (χ1n) is 5.49. The molecule has 1 unspecified atom stereocenters. The number of hydrogen-bond donors (Lipinski definition) is 4. The Hall–Kier alpha value is -1.44. The van der Waals surface area contributed by atoms with E-state index in [1.807, 2.05) is 6.26 Å². The van der Waals surface area contributed by atoms with E-state index in [0.717, 1.165) is 12.8 Å². The molecule has 0 bridgehead atoms. The molecule has 18 heavy (non-hydrogen) atoms. The molecule has 1 aliphatic rings. The number of carboxylic acid groups (broad SMARTS) is 1. The molecule has 0 heterocycles. The third-order valence-corrected chi connectivity index (χ3v) is 4.24. The van der Waals surface area contributed by atoms with Gasteiger partial charge in [0, 0.05) is 11.3 Å². The van der Waals surface area contributed by atoms with Crippen molar-refractivity contribution >= 4 is 29.7 Å². The van der Waals surface area contributed by atoms with E-state index in [9.17, 15) is 14.4 Å². The summed E-state index contributed by atoms with van der Waals surface area (Å²) in [6.07, 6.45) is 3.63. The number of carbonyl (C=O) groups excluding carboxylic acids is 2. The second-order valence-electron chi connectivity index (χ2n) is 4.28. The van der Waals surface area contributed by atoms with Gasteiger partial charge in [-0.15, -0.1) is 0 Å². The summed E-state index contributed by atoms with van der Waals surface area (Å²) in [4.78, 5) is 32.9. The smallest absolute Gasteiger partial charge is 0.326 e. The fourth-order valence-corrected chi connectivity index (χ4v) is 2.17. The maximum absolute atomic E-state index is 11.5. The average Bonchev–Trinajstić information content (AvgIpc) is 3.05. The Morgan fingerprint density at radius 1 is 1.44 bits per heavy atom. The first-order valence-corrected chi connectivity index (χ1v) is 6.72. The Labute approximate surface area is 109 Å². The largest absolute Gasteiger partial charge is 0.480 e. The molecule has 1 saturated carbocycles. The minimum atomic E-state index is -1.29. The Bertz CT molecular complexity index is 357. The fraction of sp³-hybridized carbons (Fsp3) is 0.700. The van der Waals surface area contributed by atoms with Gasteiger partial charge < -0.3 is 21.5 Å². The monoisotopic (exact) mass is 275 g/mol. The molecule has 8 heteroatoms. The van der Waals surface area contributed by atoms with Crippen LogP contribution in [0.5, 0.6) is 0 Å². The Morgan fingerprint density at radius 3 is 2.44 bits per heavy atom. The lowest BCUT2D eigenvalue weighted by Gasteiger charge is -2.16. The zero-order valence-corrected chi connectivity index (χ0v) is 10.9. The molecule has 1 rings (SSSR count). The summed E-state index contributed by atoms with van der Waals surface area (Å²) in [6, 6.07) is -1.88. The highest BCUT2D eigenvalue weighted by atomic mass is 32.2. The molecule has 3 amide bonds. The first-order chi connectivity index (χ1) is 8.38. The maximum atomic E-state index is 11.5. The van der Waals surface area contributed by atoms with E-state index in [1.54, 1.807) is 11.8 Å². The number of rotatable bonds is 7. The van der Waals surface area contributed by atoms with Crippen molar-refractivity contribution in [1.29, 1.82) is 0 Å². The van der Waals surface area contributed by atoms with Crippen LogP contribution in [0.2, 0.25) is 0 Å². The van der Waals surface area contributed by atoms with E-state index >= 15 is 0 Å². The van der Waals surface area contributed by atoms with Crippen molar-refractivity contribution in [2.75, 3.05) is 12.8 Å². The van der Waals surface area contributed by atoms with Gasteiger partial charge in [0.25, 0.3) is 0 Å². The summed E-state index contributed by atoms with van der Waals surface area (Å²) < 4.78 is 0.0970. The Kier molecular flexibility index (Phi) is 4.83. The second kappa shape index (κ2) is 5.94. The molecule has 5 N–H and O–H groups in total. The molecular formula is C10H17N3O4S. The van der Waals surface area contributed by atoms with Gasteiger partial charge in [0.2, 0.25) is 5.91 Å². The topological polar surface area (TPSA) is 122 Å². The quantitative estimate of drug-likeness (QED) is 0.499. The predicted molar refractivity (Wildman–Crippen MR) is 67.2 cm³/mol. The average molecular weight is 275 g/mol. The maximum Gasteiger partial charge on any atom is 0.326 e. The Balaban J connectivity index is 2.36. The number of carboxylic acids is 1. The molecule has 1 fully saturated rings. The van der Waals surface area contributed by atoms with Gasteiger partial charge in [0.15, 0.2) is 0 Å². The number of nitrogens with two attached hydrogens (primary N) is 1. The lowest BCUT2D eigenvalue weighted by atomic mass is 10.2. The molecule has 1 atom stereocenters. The Morgan fingerprint density at radius 2 is 2.06 bits per heavy atom. The van der Waals surface area contributed by atoms with Crippen molar-refractivity contribution < 1.29 is 19.5 Å². The van der Waals surface area contributed by atoms with Crippen molar-refractivity contribution in [3.05, 3.63) is 0 Å². The van der Waals surface area contributed by atoms with Crippen LogP contribution in [0.15, 0.2) is 0 Å². The minimum absolute atomic E-state index is 0.0970. The van der Waals surface area contributed by atoms with E-state index in [4.69, 9.17) is 10.8 Å². The fourth-order valence-electron chi connectivity index (χ4n) is 1.44. The molecule has 102 valence electrons. The SMILES string of the molecule is CSC1(CNC(=O)NC(CC(N)=O)C(=O)O)CC1. The molecule has 0 aromatic heterocycles. The van der Waals surface area contributed by atoms with Gasteiger partial charge in [-0.2, -0.15) is 11.8 Å². The van der Waals surface area contributed by atoms with Crippen molar-refractivity contribution in [3.8, 4) is 0 Å². The van der Waals surface area contributed by atoms with Crippen molar-refractivity contribution in [3.63, 3.8) is 0 Å². The highest BCUT2D eigenvalue weighted by molar-refractivity contribution is 8.00. The third kappa shape index (κ3) is 4.44. The number of thioether (sulfide) groups is 1. The molecule has 7 nitrogen and oxygen atoms in total. The van der Waals surface area contributed by atoms with Crippen LogP contribution < -0.4 is 16.4 Å². The van der Waals surface area contributed by atoms with Crippen molar-refractivity contribution in [2.45, 2.75) is 30.1 Å². The molecular weight excluding hydrogens is 258 g/mol. The van der Waals surface area contributed by atoms with Crippen molar-refractivity contribution in [1.82, 2.24) is 10.6 Å². The van der Waals surface area contributed by atoms with Gasteiger partial charge in [-0.1, -0.05) is 0 Å². The lowest BCUT2D eigenvalue weighted by molar-refractivity contribution is -0.140. The number of carbonyl (C=O) groups is 3. The zero-order valence-electron chi connectivity index (χ0n) is 10.1. The van der Waals surface area contributed by atoms with Crippen LogP contribution in [0.1, 0.15) is 19.3 Å². The summed E-state index contributed by atoms with van der Waals surface area (Å²) in [7, 11) is 0. The second-order valence-corrected chi connectivity index (χ2v) is 5.55. The lowest BCUT2D eigenvalue weighted by Crippen LogP contribution is -2.49. The van der Waals surface area contributed by atoms with Gasteiger partial charge in [-0.3, -0.25) is 4.79 Å². The number of amides is 3. The van der Waals surface area contributed by atoms with E-state index in [-0.39, 0.29) is 4.75 Å². The summed E-state index contributed by atoms with van der Waals surface area (Å²) in [6.45, 7) is 0.489. The minimum Gasteiger partial charge on any atom is -0.480 e. The van der Waals surface area contributed by atoms with E-state index in [0.29, 0.717) is 6.54 Å². The molecule has 0 aromatic carbocycles. The molecule has 0 aliphatic heterocycles. The van der Waals surface area contributed by atoms with Crippen LogP contribution >= 0.6 is 11.8 Å². The van der Waals surface area contributed by atoms with Crippen LogP contribution in [0, 0.1) is 0 Å². The van der Waals surface area contributed by atoms with Crippen LogP contribution in [0.3, 0.4) is 0 Å². The first kappa shape index (κ1) is 14.6. The van der Waals surface area contributed by atoms with Gasteiger partial charge in [0.05, 0.1) is 6.42 Å². The molecule has 0 spiro atoms. The van der Waals surface area contributed by atoms with Crippen LogP contribution in [-0.4, -0.2) is 46.6 Å². The number of aliphatic carboxylic acids is 1. The number of hydrogen-bond acceptors (Lipinski definition) is 4. The highest BCUT2D eigenvalue weighted by Gasteiger charge is 2.42. The molecule has 0 saturated heterocycles.